The van der Waals surface area contributed by atoms with E-state index in [4.69, 9.17) is 4.74 Å². The second kappa shape index (κ2) is 4.92. The van der Waals surface area contributed by atoms with Crippen LogP contribution in [0.2, 0.25) is 0 Å². The number of nitrogens with one attached hydrogen (secondary N) is 1. The van der Waals surface area contributed by atoms with Crippen molar-refractivity contribution in [2.24, 2.45) is 0 Å². The molecular formula is C11H15N5O. The Morgan fingerprint density at radius 2 is 2.18 bits per heavy atom. The zero-order valence-electron chi connectivity index (χ0n) is 10.1. The highest BCUT2D eigenvalue weighted by Gasteiger charge is 2.06. The first-order valence-corrected chi connectivity index (χ1v) is 5.24. The molecule has 2 aromatic heterocycles. The molecule has 0 aromatic carbocycles. The van der Waals surface area contributed by atoms with Gasteiger partial charge in [-0.3, -0.25) is 5.10 Å². The van der Waals surface area contributed by atoms with Crippen LogP contribution in [0.25, 0.3) is 11.4 Å². The van der Waals surface area contributed by atoms with E-state index in [1.54, 1.807) is 13.3 Å². The van der Waals surface area contributed by atoms with Gasteiger partial charge in [0.1, 0.15) is 12.4 Å². The molecule has 2 heterocycles. The molecule has 0 atom stereocenters. The van der Waals surface area contributed by atoms with Gasteiger partial charge in [0.2, 0.25) is 0 Å². The lowest BCUT2D eigenvalue weighted by atomic mass is 10.2. The van der Waals surface area contributed by atoms with Crippen LogP contribution in [0.3, 0.4) is 0 Å². The number of hydrogen-bond acceptors (Lipinski definition) is 5. The first kappa shape index (κ1) is 11.5. The van der Waals surface area contributed by atoms with Gasteiger partial charge in [-0.2, -0.15) is 5.10 Å². The van der Waals surface area contributed by atoms with Crippen molar-refractivity contribution >= 4 is 5.82 Å². The average Bonchev–Trinajstić information content (AvgIpc) is 2.78. The van der Waals surface area contributed by atoms with Crippen molar-refractivity contribution in [2.75, 3.05) is 26.1 Å². The van der Waals surface area contributed by atoms with Crippen LogP contribution in [0.15, 0.2) is 18.3 Å². The molecule has 0 saturated heterocycles. The minimum absolute atomic E-state index is 0.427. The summed E-state index contributed by atoms with van der Waals surface area (Å²) in [5, 5.41) is 6.93. The highest BCUT2D eigenvalue weighted by atomic mass is 16.5. The summed E-state index contributed by atoms with van der Waals surface area (Å²) in [6, 6.07) is 3.88. The van der Waals surface area contributed by atoms with E-state index in [1.165, 1.54) is 0 Å². The summed E-state index contributed by atoms with van der Waals surface area (Å²) >= 11 is 0. The summed E-state index contributed by atoms with van der Waals surface area (Å²) in [6.45, 7) is 0.427. The van der Waals surface area contributed by atoms with Gasteiger partial charge in [-0.25, -0.2) is 9.97 Å². The van der Waals surface area contributed by atoms with Crippen molar-refractivity contribution in [1.29, 1.82) is 0 Å². The van der Waals surface area contributed by atoms with Crippen LogP contribution >= 0.6 is 0 Å². The number of anilines is 1. The monoisotopic (exact) mass is 233 g/mol. The van der Waals surface area contributed by atoms with Gasteiger partial charge < -0.3 is 9.64 Å². The number of aromatic nitrogens is 4. The third-order valence-corrected chi connectivity index (χ3v) is 2.28. The summed E-state index contributed by atoms with van der Waals surface area (Å²) in [5.74, 6) is 2.25. The Balaban J connectivity index is 2.21. The van der Waals surface area contributed by atoms with Crippen molar-refractivity contribution < 1.29 is 4.74 Å². The third-order valence-electron chi connectivity index (χ3n) is 2.28. The maximum atomic E-state index is 4.97. The summed E-state index contributed by atoms with van der Waals surface area (Å²) in [4.78, 5) is 10.6. The number of pyridine rings is 1. The van der Waals surface area contributed by atoms with Crippen LogP contribution in [0.4, 0.5) is 5.82 Å². The van der Waals surface area contributed by atoms with Crippen LogP contribution in [0.1, 0.15) is 5.82 Å². The zero-order chi connectivity index (χ0) is 12.3. The van der Waals surface area contributed by atoms with Crippen molar-refractivity contribution in [3.05, 3.63) is 24.2 Å². The van der Waals surface area contributed by atoms with E-state index in [2.05, 4.69) is 20.2 Å². The number of methoxy groups -OCH3 is 1. The quantitative estimate of drug-likeness (QED) is 0.855. The molecule has 1 N–H and O–H groups in total. The highest BCUT2D eigenvalue weighted by molar-refractivity contribution is 5.55. The molecule has 90 valence electrons. The van der Waals surface area contributed by atoms with Gasteiger partial charge in [0.05, 0.1) is 0 Å². The van der Waals surface area contributed by atoms with E-state index >= 15 is 0 Å². The molecule has 0 amide bonds. The molecule has 0 aliphatic heterocycles. The van der Waals surface area contributed by atoms with Gasteiger partial charge in [0.25, 0.3) is 0 Å². The first-order valence-electron chi connectivity index (χ1n) is 5.24. The molecule has 2 aromatic rings. The Hall–Kier alpha value is -1.95. The summed E-state index contributed by atoms with van der Waals surface area (Å²) in [7, 11) is 5.52. The van der Waals surface area contributed by atoms with Crippen LogP contribution in [0, 0.1) is 0 Å². The molecule has 6 heteroatoms. The minimum Gasteiger partial charge on any atom is -0.377 e. The standard InChI is InChI=1S/C11H15N5O/c1-16(2)10-5-4-8(6-12-10)11-13-9(7-17-3)14-15-11/h4-6H,7H2,1-3H3,(H,13,14,15). The molecule has 0 unspecified atom stereocenters. The van der Waals surface area contributed by atoms with Gasteiger partial charge in [-0.1, -0.05) is 0 Å². The number of nitrogens with zero attached hydrogens (tertiary/aromatic N) is 4. The second-order valence-electron chi connectivity index (χ2n) is 3.84. The van der Waals surface area contributed by atoms with E-state index in [-0.39, 0.29) is 0 Å². The predicted molar refractivity (Wildman–Crippen MR) is 64.7 cm³/mol. The Bertz CT molecular complexity index is 477. The molecule has 0 saturated carbocycles. The maximum absolute atomic E-state index is 4.97. The van der Waals surface area contributed by atoms with E-state index in [0.29, 0.717) is 18.3 Å². The molecular weight excluding hydrogens is 218 g/mol. The van der Waals surface area contributed by atoms with Gasteiger partial charge in [-0.15, -0.1) is 0 Å². The molecule has 0 bridgehead atoms. The number of ether oxygens (including phenoxy) is 1. The van der Waals surface area contributed by atoms with E-state index < -0.39 is 0 Å². The third kappa shape index (κ3) is 2.59. The number of rotatable bonds is 4. The van der Waals surface area contributed by atoms with Crippen LogP contribution < -0.4 is 4.90 Å². The van der Waals surface area contributed by atoms with Crippen LogP contribution in [-0.2, 0) is 11.3 Å². The fourth-order valence-corrected chi connectivity index (χ4v) is 1.41. The SMILES string of the molecule is COCc1nc(-c2ccc(N(C)C)nc2)n[nH]1. The van der Waals surface area contributed by atoms with Gasteiger partial charge in [0.15, 0.2) is 11.6 Å². The highest BCUT2D eigenvalue weighted by Crippen LogP contribution is 2.16. The largest absolute Gasteiger partial charge is 0.377 e. The predicted octanol–water partition coefficient (Wildman–Crippen LogP) is 1.08. The molecule has 2 rings (SSSR count). The van der Waals surface area contributed by atoms with Crippen molar-refractivity contribution in [3.8, 4) is 11.4 Å². The molecule has 0 aliphatic rings. The number of H-pyrrole nitrogens is 1. The van der Waals surface area contributed by atoms with Crippen molar-refractivity contribution in [1.82, 2.24) is 20.2 Å². The fourth-order valence-electron chi connectivity index (χ4n) is 1.41. The van der Waals surface area contributed by atoms with Crippen LogP contribution in [0.5, 0.6) is 0 Å². The topological polar surface area (TPSA) is 66.9 Å². The lowest BCUT2D eigenvalue weighted by Gasteiger charge is -2.10. The first-order chi connectivity index (χ1) is 8.20. The van der Waals surface area contributed by atoms with Crippen LogP contribution in [-0.4, -0.2) is 41.4 Å². The number of hydrogen-bond donors (Lipinski definition) is 1. The smallest absolute Gasteiger partial charge is 0.182 e. The molecule has 0 aliphatic carbocycles. The Kier molecular flexibility index (Phi) is 3.34. The van der Waals surface area contributed by atoms with E-state index in [9.17, 15) is 0 Å². The normalized spacial score (nSPS) is 10.5. The molecule has 6 nitrogen and oxygen atoms in total. The van der Waals surface area contributed by atoms with Crippen molar-refractivity contribution in [2.45, 2.75) is 6.61 Å². The molecule has 0 fully saturated rings. The summed E-state index contributed by atoms with van der Waals surface area (Å²) in [6.07, 6.45) is 1.76. The molecule has 17 heavy (non-hydrogen) atoms. The lowest BCUT2D eigenvalue weighted by molar-refractivity contribution is 0.178. The fraction of sp³-hybridized carbons (Fsp3) is 0.364. The van der Waals surface area contributed by atoms with Gasteiger partial charge >= 0.3 is 0 Å². The second-order valence-corrected chi connectivity index (χ2v) is 3.84. The lowest BCUT2D eigenvalue weighted by Crippen LogP contribution is -2.10. The summed E-state index contributed by atoms with van der Waals surface area (Å²) < 4.78 is 4.97. The Morgan fingerprint density at radius 1 is 1.35 bits per heavy atom. The summed E-state index contributed by atoms with van der Waals surface area (Å²) in [5.41, 5.74) is 0.884. The minimum atomic E-state index is 0.427. The number of aromatic amines is 1. The van der Waals surface area contributed by atoms with Gasteiger partial charge in [0, 0.05) is 33.0 Å². The van der Waals surface area contributed by atoms with Gasteiger partial charge in [-0.05, 0) is 12.1 Å². The Morgan fingerprint density at radius 3 is 2.76 bits per heavy atom. The molecule has 0 radical (unpaired) electrons. The molecule has 0 spiro atoms. The van der Waals surface area contributed by atoms with E-state index in [1.807, 2.05) is 31.1 Å². The van der Waals surface area contributed by atoms with E-state index in [0.717, 1.165) is 11.4 Å². The zero-order valence-corrected chi connectivity index (χ0v) is 10.1. The Labute approximate surface area is 99.7 Å². The average molecular weight is 233 g/mol. The van der Waals surface area contributed by atoms with Crippen molar-refractivity contribution in [3.63, 3.8) is 0 Å². The maximum Gasteiger partial charge on any atom is 0.182 e.